The van der Waals surface area contributed by atoms with Gasteiger partial charge in [0.15, 0.2) is 5.82 Å². The van der Waals surface area contributed by atoms with Crippen LogP contribution in [0.5, 0.6) is 0 Å². The number of nitrogen functional groups attached to an aromatic ring is 1. The molecule has 0 saturated heterocycles. The Morgan fingerprint density at radius 3 is 2.42 bits per heavy atom. The average Bonchev–Trinajstić information content (AvgIpc) is 2.39. The number of halogens is 2. The predicted octanol–water partition coefficient (Wildman–Crippen LogP) is 3.16. The lowest BCUT2D eigenvalue weighted by Crippen LogP contribution is -2.06. The summed E-state index contributed by atoms with van der Waals surface area (Å²) in [5.74, 6) is 0.419. The second kappa shape index (κ2) is 6.56. The first-order valence-corrected chi connectivity index (χ1v) is 5.86. The topological polar surface area (TPSA) is 84.1 Å². The van der Waals surface area contributed by atoms with Gasteiger partial charge in [0.25, 0.3) is 0 Å². The smallest absolute Gasteiger partial charge is 0.222 e. The van der Waals surface area contributed by atoms with Gasteiger partial charge in [-0.05, 0) is 24.1 Å². The van der Waals surface area contributed by atoms with Crippen LogP contribution >= 0.6 is 24.0 Å². The van der Waals surface area contributed by atoms with Gasteiger partial charge in [-0.1, -0.05) is 30.7 Å². The molecule has 1 aromatic heterocycles. The summed E-state index contributed by atoms with van der Waals surface area (Å²) in [6.45, 7) is 1.96. The summed E-state index contributed by atoms with van der Waals surface area (Å²) in [7, 11) is 0. The molecule has 0 aliphatic rings. The van der Waals surface area contributed by atoms with E-state index in [-0.39, 0.29) is 18.4 Å². The van der Waals surface area contributed by atoms with Crippen molar-refractivity contribution in [3.05, 3.63) is 35.0 Å². The number of aromatic nitrogens is 2. The summed E-state index contributed by atoms with van der Waals surface area (Å²) in [4.78, 5) is 8.15. The van der Waals surface area contributed by atoms with Gasteiger partial charge in [0.2, 0.25) is 5.95 Å². The SMILES string of the molecule is CCc1nc(N)nc(NO)c1-c1ccc(Cl)cc1.Cl. The maximum atomic E-state index is 9.16. The van der Waals surface area contributed by atoms with Crippen molar-refractivity contribution in [2.24, 2.45) is 0 Å². The molecule has 2 rings (SSSR count). The second-order valence-electron chi connectivity index (χ2n) is 3.72. The largest absolute Gasteiger partial charge is 0.368 e. The third kappa shape index (κ3) is 3.26. The predicted molar refractivity (Wildman–Crippen MR) is 78.9 cm³/mol. The number of anilines is 2. The highest BCUT2D eigenvalue weighted by Gasteiger charge is 2.13. The highest BCUT2D eigenvalue weighted by molar-refractivity contribution is 6.30. The van der Waals surface area contributed by atoms with Crippen molar-refractivity contribution in [3.8, 4) is 11.1 Å². The van der Waals surface area contributed by atoms with Crippen LogP contribution in [0.4, 0.5) is 11.8 Å². The molecule has 2 aromatic rings. The van der Waals surface area contributed by atoms with Crippen LogP contribution in [0, 0.1) is 0 Å². The van der Waals surface area contributed by atoms with Gasteiger partial charge in [-0.2, -0.15) is 4.98 Å². The zero-order chi connectivity index (χ0) is 13.1. The van der Waals surface area contributed by atoms with E-state index in [4.69, 9.17) is 22.5 Å². The lowest BCUT2D eigenvalue weighted by Gasteiger charge is -2.12. The summed E-state index contributed by atoms with van der Waals surface area (Å²) in [6, 6.07) is 7.23. The Balaban J connectivity index is 0.00000180. The highest BCUT2D eigenvalue weighted by atomic mass is 35.5. The van der Waals surface area contributed by atoms with Crippen LogP contribution in [-0.2, 0) is 6.42 Å². The maximum absolute atomic E-state index is 9.16. The summed E-state index contributed by atoms with van der Waals surface area (Å²) in [6.07, 6.45) is 0.680. The molecule has 0 atom stereocenters. The van der Waals surface area contributed by atoms with Gasteiger partial charge in [0, 0.05) is 10.6 Å². The number of hydrogen-bond donors (Lipinski definition) is 3. The van der Waals surface area contributed by atoms with Gasteiger partial charge < -0.3 is 5.73 Å². The Morgan fingerprint density at radius 1 is 1.26 bits per heavy atom. The first-order valence-electron chi connectivity index (χ1n) is 5.48. The maximum Gasteiger partial charge on any atom is 0.222 e. The van der Waals surface area contributed by atoms with Crippen molar-refractivity contribution in [1.29, 1.82) is 0 Å². The van der Waals surface area contributed by atoms with Crippen molar-refractivity contribution in [1.82, 2.24) is 9.97 Å². The van der Waals surface area contributed by atoms with Crippen LogP contribution in [0.1, 0.15) is 12.6 Å². The number of nitrogens with two attached hydrogens (primary N) is 1. The molecule has 0 unspecified atom stereocenters. The molecule has 102 valence electrons. The first-order chi connectivity index (χ1) is 8.65. The van der Waals surface area contributed by atoms with Crippen LogP contribution in [-0.4, -0.2) is 15.2 Å². The molecule has 0 fully saturated rings. The van der Waals surface area contributed by atoms with Crippen molar-refractivity contribution in [2.45, 2.75) is 13.3 Å². The summed E-state index contributed by atoms with van der Waals surface area (Å²) < 4.78 is 0. The molecule has 19 heavy (non-hydrogen) atoms. The molecule has 0 bridgehead atoms. The fourth-order valence-electron chi connectivity index (χ4n) is 1.78. The number of nitrogens with one attached hydrogen (secondary N) is 1. The van der Waals surface area contributed by atoms with E-state index in [1.807, 2.05) is 19.1 Å². The Morgan fingerprint density at radius 2 is 1.89 bits per heavy atom. The molecule has 4 N–H and O–H groups in total. The number of aryl methyl sites for hydroxylation is 1. The molecule has 0 spiro atoms. The molecule has 1 aromatic carbocycles. The van der Waals surface area contributed by atoms with Gasteiger partial charge in [-0.15, -0.1) is 12.4 Å². The Kier molecular flexibility index (Phi) is 5.35. The monoisotopic (exact) mass is 300 g/mol. The lowest BCUT2D eigenvalue weighted by molar-refractivity contribution is 0.386. The lowest BCUT2D eigenvalue weighted by atomic mass is 10.0. The summed E-state index contributed by atoms with van der Waals surface area (Å²) in [5, 5.41) is 9.80. The van der Waals surface area contributed by atoms with E-state index in [2.05, 4.69) is 15.4 Å². The first kappa shape index (κ1) is 15.5. The number of benzene rings is 1. The number of rotatable bonds is 3. The van der Waals surface area contributed by atoms with Crippen LogP contribution in [0.2, 0.25) is 5.02 Å². The van der Waals surface area contributed by atoms with Gasteiger partial charge in [0.05, 0.1) is 5.69 Å². The van der Waals surface area contributed by atoms with Crippen LogP contribution in [0.3, 0.4) is 0 Å². The van der Waals surface area contributed by atoms with Crippen LogP contribution in [0.15, 0.2) is 24.3 Å². The Labute approximate surface area is 122 Å². The van der Waals surface area contributed by atoms with E-state index in [1.165, 1.54) is 0 Å². The zero-order valence-corrected chi connectivity index (χ0v) is 11.8. The highest BCUT2D eigenvalue weighted by Crippen LogP contribution is 2.30. The standard InChI is InChI=1S/C12H13ClN4O.ClH/c1-2-9-10(7-3-5-8(13)6-4-7)11(17-18)16-12(14)15-9;/h3-6,18H,2H2,1H3,(H3,14,15,16,17);1H. The van der Waals surface area contributed by atoms with Gasteiger partial charge in [-0.25, -0.2) is 4.98 Å². The molecular formula is C12H14Cl2N4O. The quantitative estimate of drug-likeness (QED) is 0.758. The third-order valence-corrected chi connectivity index (χ3v) is 2.83. The van der Waals surface area contributed by atoms with Crippen LogP contribution in [0.25, 0.3) is 11.1 Å². The fourth-order valence-corrected chi connectivity index (χ4v) is 1.91. The molecule has 0 saturated carbocycles. The minimum Gasteiger partial charge on any atom is -0.368 e. The second-order valence-corrected chi connectivity index (χ2v) is 4.16. The van der Waals surface area contributed by atoms with E-state index >= 15 is 0 Å². The van der Waals surface area contributed by atoms with E-state index in [9.17, 15) is 0 Å². The number of hydrogen-bond acceptors (Lipinski definition) is 5. The van der Waals surface area contributed by atoms with Gasteiger partial charge >= 0.3 is 0 Å². The molecular weight excluding hydrogens is 287 g/mol. The van der Waals surface area contributed by atoms with Crippen molar-refractivity contribution in [2.75, 3.05) is 11.2 Å². The minimum atomic E-state index is 0. The Bertz CT molecular complexity index is 535. The zero-order valence-electron chi connectivity index (χ0n) is 10.2. The van der Waals surface area contributed by atoms with E-state index in [1.54, 1.807) is 12.1 Å². The fraction of sp³-hybridized carbons (Fsp3) is 0.167. The third-order valence-electron chi connectivity index (χ3n) is 2.57. The molecule has 0 aliphatic carbocycles. The van der Waals surface area contributed by atoms with E-state index in [0.29, 0.717) is 17.3 Å². The van der Waals surface area contributed by atoms with Gasteiger partial charge in [0.1, 0.15) is 0 Å². The Hall–Kier alpha value is -1.56. The van der Waals surface area contributed by atoms with E-state index in [0.717, 1.165) is 16.8 Å². The van der Waals surface area contributed by atoms with Crippen LogP contribution < -0.4 is 11.2 Å². The molecule has 0 amide bonds. The minimum absolute atomic E-state index is 0. The molecule has 0 aliphatic heterocycles. The molecule has 7 heteroatoms. The molecule has 1 heterocycles. The van der Waals surface area contributed by atoms with Crippen molar-refractivity contribution >= 4 is 35.8 Å². The van der Waals surface area contributed by atoms with Gasteiger partial charge in [-0.3, -0.25) is 10.7 Å². The average molecular weight is 301 g/mol. The molecule has 0 radical (unpaired) electrons. The van der Waals surface area contributed by atoms with Crippen molar-refractivity contribution in [3.63, 3.8) is 0 Å². The number of nitrogens with zero attached hydrogens (tertiary/aromatic N) is 2. The normalized spacial score (nSPS) is 9.84. The summed E-state index contributed by atoms with van der Waals surface area (Å²) >= 11 is 5.86. The molecule has 5 nitrogen and oxygen atoms in total. The van der Waals surface area contributed by atoms with E-state index < -0.39 is 0 Å². The van der Waals surface area contributed by atoms with Crippen molar-refractivity contribution < 1.29 is 5.21 Å². The summed E-state index contributed by atoms with van der Waals surface area (Å²) in [5.41, 5.74) is 10.0.